The minimum atomic E-state index is -0.447. The molecule has 3 heterocycles. The molecule has 6 nitrogen and oxygen atoms in total. The highest BCUT2D eigenvalue weighted by Crippen LogP contribution is 2.30. The van der Waals surface area contributed by atoms with Gasteiger partial charge in [0.2, 0.25) is 0 Å². The number of aromatic nitrogens is 3. The van der Waals surface area contributed by atoms with Crippen LogP contribution in [0.4, 0.5) is 4.79 Å². The number of amides is 1. The zero-order chi connectivity index (χ0) is 21.7. The Balaban J connectivity index is 0.00000124. The maximum absolute atomic E-state index is 12.2. The summed E-state index contributed by atoms with van der Waals surface area (Å²) >= 11 is 0. The van der Waals surface area contributed by atoms with Gasteiger partial charge in [-0.05, 0) is 50.7 Å². The van der Waals surface area contributed by atoms with Crippen LogP contribution in [0.25, 0.3) is 16.8 Å². The minimum absolute atomic E-state index is 0.206. The van der Waals surface area contributed by atoms with Crippen LogP contribution in [0.3, 0.4) is 0 Å². The number of nitrogens with zero attached hydrogens (tertiary/aromatic N) is 4. The van der Waals surface area contributed by atoms with Gasteiger partial charge in [0, 0.05) is 37.1 Å². The Hall–Kier alpha value is -2.89. The zero-order valence-electron chi connectivity index (χ0n) is 18.6. The number of piperidine rings is 1. The SMILES string of the molecule is CC.CC(C)(C)OC(=O)N1CCC(c2ccc(-c3cnc4ccnn4c3)cc2)CC1. The molecule has 1 aliphatic rings. The Morgan fingerprint density at radius 2 is 1.70 bits per heavy atom. The molecular weight excluding hydrogens is 376 g/mol. The molecule has 0 atom stereocenters. The Bertz CT molecular complexity index is 965. The highest BCUT2D eigenvalue weighted by Gasteiger charge is 2.27. The predicted molar refractivity (Wildman–Crippen MR) is 120 cm³/mol. The summed E-state index contributed by atoms with van der Waals surface area (Å²) in [5.41, 5.74) is 3.89. The number of rotatable bonds is 2. The molecule has 1 aromatic carbocycles. The van der Waals surface area contributed by atoms with E-state index in [1.165, 1.54) is 5.56 Å². The first-order valence-corrected chi connectivity index (χ1v) is 10.8. The second-order valence-electron chi connectivity index (χ2n) is 8.34. The molecule has 160 valence electrons. The Labute approximate surface area is 178 Å². The fourth-order valence-electron chi connectivity index (χ4n) is 3.63. The Morgan fingerprint density at radius 1 is 1.03 bits per heavy atom. The van der Waals surface area contributed by atoms with E-state index < -0.39 is 5.60 Å². The normalized spacial score (nSPS) is 14.9. The molecule has 0 spiro atoms. The molecule has 1 amide bonds. The highest BCUT2D eigenvalue weighted by molar-refractivity contribution is 5.68. The Morgan fingerprint density at radius 3 is 2.33 bits per heavy atom. The van der Waals surface area contributed by atoms with Gasteiger partial charge in [0.05, 0.1) is 6.20 Å². The quantitative estimate of drug-likeness (QED) is 0.559. The molecule has 0 saturated carbocycles. The average molecular weight is 409 g/mol. The molecule has 0 aliphatic carbocycles. The van der Waals surface area contributed by atoms with Gasteiger partial charge in [-0.2, -0.15) is 5.10 Å². The lowest BCUT2D eigenvalue weighted by Crippen LogP contribution is -2.41. The fourth-order valence-corrected chi connectivity index (χ4v) is 3.63. The van der Waals surface area contributed by atoms with Crippen molar-refractivity contribution in [2.24, 2.45) is 0 Å². The third-order valence-electron chi connectivity index (χ3n) is 5.11. The van der Waals surface area contributed by atoms with Crippen LogP contribution in [0.5, 0.6) is 0 Å². The largest absolute Gasteiger partial charge is 0.444 e. The zero-order valence-corrected chi connectivity index (χ0v) is 18.6. The first kappa shape index (κ1) is 21.8. The van der Waals surface area contributed by atoms with Crippen molar-refractivity contribution < 1.29 is 9.53 Å². The molecule has 1 saturated heterocycles. The standard InChI is InChI=1S/C22H26N4O2.C2H6/c1-22(2,3)28-21(27)25-12-9-18(10-13-25)16-4-6-17(7-5-16)19-14-23-20-8-11-24-26(20)15-19;1-2/h4-8,11,14-15,18H,9-10,12-13H2,1-3H3;1-2H3. The van der Waals surface area contributed by atoms with E-state index in [0.29, 0.717) is 5.92 Å². The smallest absolute Gasteiger partial charge is 0.410 e. The molecule has 1 fully saturated rings. The lowest BCUT2D eigenvalue weighted by atomic mass is 9.89. The summed E-state index contributed by atoms with van der Waals surface area (Å²) < 4.78 is 7.27. The van der Waals surface area contributed by atoms with Crippen LogP contribution in [-0.4, -0.2) is 44.3 Å². The predicted octanol–water partition coefficient (Wildman–Crippen LogP) is 5.54. The van der Waals surface area contributed by atoms with E-state index in [-0.39, 0.29) is 6.09 Å². The van der Waals surface area contributed by atoms with Crippen LogP contribution in [0.1, 0.15) is 58.9 Å². The number of benzene rings is 1. The van der Waals surface area contributed by atoms with Gasteiger partial charge < -0.3 is 9.64 Å². The summed E-state index contributed by atoms with van der Waals surface area (Å²) in [4.78, 5) is 18.5. The third-order valence-corrected chi connectivity index (χ3v) is 5.11. The number of ether oxygens (including phenoxy) is 1. The van der Waals surface area contributed by atoms with Crippen LogP contribution >= 0.6 is 0 Å². The van der Waals surface area contributed by atoms with E-state index in [2.05, 4.69) is 34.3 Å². The molecule has 0 bridgehead atoms. The monoisotopic (exact) mass is 408 g/mol. The van der Waals surface area contributed by atoms with Crippen molar-refractivity contribution in [3.8, 4) is 11.1 Å². The number of likely N-dealkylation sites (tertiary alicyclic amines) is 1. The molecule has 4 rings (SSSR count). The first-order valence-electron chi connectivity index (χ1n) is 10.8. The van der Waals surface area contributed by atoms with Gasteiger partial charge in [-0.1, -0.05) is 38.1 Å². The fraction of sp³-hybridized carbons (Fsp3) is 0.458. The molecule has 30 heavy (non-hydrogen) atoms. The maximum atomic E-state index is 12.2. The number of carbonyl (C=O) groups is 1. The van der Waals surface area contributed by atoms with E-state index in [9.17, 15) is 4.79 Å². The lowest BCUT2D eigenvalue weighted by molar-refractivity contribution is 0.0205. The third kappa shape index (κ3) is 5.17. The van der Waals surface area contributed by atoms with Gasteiger partial charge in [-0.25, -0.2) is 14.3 Å². The molecule has 2 aromatic heterocycles. The number of hydrogen-bond donors (Lipinski definition) is 0. The summed E-state index contributed by atoms with van der Waals surface area (Å²) in [5.74, 6) is 0.472. The van der Waals surface area contributed by atoms with Gasteiger partial charge in [0.15, 0.2) is 5.65 Å². The molecular formula is C24H32N4O2. The van der Waals surface area contributed by atoms with Gasteiger partial charge in [-0.3, -0.25) is 0 Å². The second-order valence-corrected chi connectivity index (χ2v) is 8.34. The Kier molecular flexibility index (Phi) is 6.75. The molecule has 0 unspecified atom stereocenters. The summed E-state index contributed by atoms with van der Waals surface area (Å²) in [6.07, 6.45) is 7.34. The number of carbonyl (C=O) groups excluding carboxylic acids is 1. The van der Waals surface area contributed by atoms with E-state index in [0.717, 1.165) is 42.7 Å². The summed E-state index contributed by atoms with van der Waals surface area (Å²) in [6, 6.07) is 10.5. The molecule has 0 radical (unpaired) electrons. The van der Waals surface area contributed by atoms with Crippen molar-refractivity contribution in [2.45, 2.75) is 59.0 Å². The van der Waals surface area contributed by atoms with E-state index in [4.69, 9.17) is 4.74 Å². The highest BCUT2D eigenvalue weighted by atomic mass is 16.6. The molecule has 6 heteroatoms. The van der Waals surface area contributed by atoms with Gasteiger partial charge in [-0.15, -0.1) is 0 Å². The van der Waals surface area contributed by atoms with E-state index >= 15 is 0 Å². The van der Waals surface area contributed by atoms with Crippen molar-refractivity contribution in [3.05, 3.63) is 54.5 Å². The summed E-state index contributed by atoms with van der Waals surface area (Å²) in [6.45, 7) is 11.2. The van der Waals surface area contributed by atoms with E-state index in [1.54, 1.807) is 10.7 Å². The first-order chi connectivity index (χ1) is 14.4. The van der Waals surface area contributed by atoms with Crippen LogP contribution in [0.15, 0.2) is 48.9 Å². The lowest BCUT2D eigenvalue weighted by Gasteiger charge is -2.33. The van der Waals surface area contributed by atoms with Crippen LogP contribution in [-0.2, 0) is 4.74 Å². The topological polar surface area (TPSA) is 59.7 Å². The van der Waals surface area contributed by atoms with Crippen molar-refractivity contribution in [3.63, 3.8) is 0 Å². The molecule has 3 aromatic rings. The summed E-state index contributed by atoms with van der Waals surface area (Å²) in [7, 11) is 0. The van der Waals surface area contributed by atoms with Crippen LogP contribution in [0, 0.1) is 0 Å². The van der Waals surface area contributed by atoms with Gasteiger partial charge in [0.1, 0.15) is 5.60 Å². The average Bonchev–Trinajstić information content (AvgIpc) is 3.22. The second kappa shape index (κ2) is 9.28. The number of hydrogen-bond acceptors (Lipinski definition) is 4. The van der Waals surface area contributed by atoms with E-state index in [1.807, 2.05) is 58.0 Å². The van der Waals surface area contributed by atoms with Crippen molar-refractivity contribution in [2.75, 3.05) is 13.1 Å². The maximum Gasteiger partial charge on any atom is 0.410 e. The minimum Gasteiger partial charge on any atom is -0.444 e. The number of fused-ring (bicyclic) bond motifs is 1. The van der Waals surface area contributed by atoms with Crippen molar-refractivity contribution in [1.82, 2.24) is 19.5 Å². The molecule has 1 aliphatic heterocycles. The summed E-state index contributed by atoms with van der Waals surface area (Å²) in [5, 5.41) is 4.25. The van der Waals surface area contributed by atoms with Crippen LogP contribution < -0.4 is 0 Å². The van der Waals surface area contributed by atoms with Gasteiger partial charge >= 0.3 is 6.09 Å². The molecule has 0 N–H and O–H groups in total. The van der Waals surface area contributed by atoms with Crippen LogP contribution in [0.2, 0.25) is 0 Å². The van der Waals surface area contributed by atoms with Crippen molar-refractivity contribution in [1.29, 1.82) is 0 Å². The van der Waals surface area contributed by atoms with Gasteiger partial charge in [0.25, 0.3) is 0 Å². The van der Waals surface area contributed by atoms with Crippen molar-refractivity contribution >= 4 is 11.7 Å².